The SMILES string of the molecule is C=C(C(=O)OCC)[C@@H](Nc1cc(OC)c(OC)c(OC)c1)c1ccc(OC)cc1. The summed E-state index contributed by atoms with van der Waals surface area (Å²) < 4.78 is 26.5. The van der Waals surface area contributed by atoms with Crippen LogP contribution in [0.2, 0.25) is 0 Å². The van der Waals surface area contributed by atoms with Gasteiger partial charge in [0.15, 0.2) is 11.5 Å². The first-order valence-corrected chi connectivity index (χ1v) is 9.05. The molecule has 2 aromatic rings. The summed E-state index contributed by atoms with van der Waals surface area (Å²) in [7, 11) is 6.22. The summed E-state index contributed by atoms with van der Waals surface area (Å²) in [6.45, 7) is 5.96. The Morgan fingerprint density at radius 2 is 1.55 bits per heavy atom. The van der Waals surface area contributed by atoms with Gasteiger partial charge in [-0.05, 0) is 24.6 Å². The lowest BCUT2D eigenvalue weighted by Gasteiger charge is -2.23. The van der Waals surface area contributed by atoms with Gasteiger partial charge in [0.2, 0.25) is 5.75 Å². The number of methoxy groups -OCH3 is 4. The zero-order valence-corrected chi connectivity index (χ0v) is 17.4. The molecule has 0 saturated heterocycles. The highest BCUT2D eigenvalue weighted by Gasteiger charge is 2.23. The quantitative estimate of drug-likeness (QED) is 0.476. The molecule has 1 atom stereocenters. The number of benzene rings is 2. The summed E-state index contributed by atoms with van der Waals surface area (Å²) >= 11 is 0. The van der Waals surface area contributed by atoms with Crippen molar-refractivity contribution >= 4 is 11.7 Å². The molecule has 29 heavy (non-hydrogen) atoms. The Hall–Kier alpha value is -3.35. The van der Waals surface area contributed by atoms with Gasteiger partial charge >= 0.3 is 5.97 Å². The number of anilines is 1. The lowest BCUT2D eigenvalue weighted by molar-refractivity contribution is -0.138. The lowest BCUT2D eigenvalue weighted by atomic mass is 9.99. The fraction of sp³-hybridized carbons (Fsp3) is 0.318. The molecule has 7 nitrogen and oxygen atoms in total. The smallest absolute Gasteiger partial charge is 0.335 e. The summed E-state index contributed by atoms with van der Waals surface area (Å²) in [4.78, 5) is 12.4. The highest BCUT2D eigenvalue weighted by molar-refractivity contribution is 5.90. The summed E-state index contributed by atoms with van der Waals surface area (Å²) in [5, 5.41) is 3.32. The van der Waals surface area contributed by atoms with Gasteiger partial charge in [-0.15, -0.1) is 0 Å². The largest absolute Gasteiger partial charge is 0.497 e. The summed E-state index contributed by atoms with van der Waals surface area (Å²) in [6.07, 6.45) is 0. The van der Waals surface area contributed by atoms with Crippen LogP contribution < -0.4 is 24.3 Å². The third-order valence-corrected chi connectivity index (χ3v) is 4.31. The molecule has 0 aliphatic heterocycles. The van der Waals surface area contributed by atoms with Crippen molar-refractivity contribution in [2.45, 2.75) is 13.0 Å². The summed E-state index contributed by atoms with van der Waals surface area (Å²) in [5.41, 5.74) is 1.74. The van der Waals surface area contributed by atoms with E-state index < -0.39 is 12.0 Å². The first-order chi connectivity index (χ1) is 14.0. The Kier molecular flexibility index (Phi) is 7.77. The number of ether oxygens (including phenoxy) is 5. The number of nitrogens with one attached hydrogen (secondary N) is 1. The minimum atomic E-state index is -0.539. The average Bonchev–Trinajstić information content (AvgIpc) is 2.76. The van der Waals surface area contributed by atoms with Crippen molar-refractivity contribution in [3.05, 3.63) is 54.1 Å². The lowest BCUT2D eigenvalue weighted by Crippen LogP contribution is -2.20. The van der Waals surface area contributed by atoms with E-state index in [4.69, 9.17) is 23.7 Å². The van der Waals surface area contributed by atoms with Crippen LogP contribution in [-0.2, 0) is 9.53 Å². The Bertz CT molecular complexity index is 822. The molecular weight excluding hydrogens is 374 g/mol. The van der Waals surface area contributed by atoms with Crippen molar-refractivity contribution in [1.82, 2.24) is 0 Å². The highest BCUT2D eigenvalue weighted by atomic mass is 16.5. The number of hydrogen-bond donors (Lipinski definition) is 1. The van der Waals surface area contributed by atoms with Gasteiger partial charge in [-0.25, -0.2) is 4.79 Å². The Balaban J connectivity index is 2.46. The standard InChI is InChI=1S/C22H27NO6/c1-7-29-22(24)14(2)20(15-8-10-17(25-3)11-9-15)23-16-12-18(26-4)21(28-6)19(13-16)27-5/h8-13,20,23H,2,7H2,1,3-6H3/t20-/m1/s1. The molecule has 0 aromatic heterocycles. The molecular formula is C22H27NO6. The van der Waals surface area contributed by atoms with E-state index in [1.807, 2.05) is 24.3 Å². The Labute approximate surface area is 171 Å². The second-order valence-corrected chi connectivity index (χ2v) is 6.01. The molecule has 0 aliphatic carbocycles. The zero-order chi connectivity index (χ0) is 21.4. The van der Waals surface area contributed by atoms with Crippen molar-refractivity contribution in [2.24, 2.45) is 0 Å². The molecule has 0 radical (unpaired) electrons. The molecule has 0 aliphatic rings. The molecule has 0 fully saturated rings. The Morgan fingerprint density at radius 3 is 2.00 bits per heavy atom. The second-order valence-electron chi connectivity index (χ2n) is 6.01. The molecule has 156 valence electrons. The monoisotopic (exact) mass is 401 g/mol. The van der Waals surface area contributed by atoms with E-state index in [9.17, 15) is 4.79 Å². The molecule has 0 heterocycles. The van der Waals surface area contributed by atoms with E-state index in [1.165, 1.54) is 7.11 Å². The first kappa shape index (κ1) is 21.9. The maximum atomic E-state index is 12.4. The maximum Gasteiger partial charge on any atom is 0.335 e. The molecule has 0 spiro atoms. The van der Waals surface area contributed by atoms with Gasteiger partial charge in [-0.2, -0.15) is 0 Å². The van der Waals surface area contributed by atoms with Gasteiger partial charge in [0.25, 0.3) is 0 Å². The van der Waals surface area contributed by atoms with E-state index in [0.717, 1.165) is 5.56 Å². The predicted octanol–water partition coefficient (Wildman–Crippen LogP) is 3.99. The van der Waals surface area contributed by atoms with E-state index in [0.29, 0.717) is 28.7 Å². The molecule has 0 bridgehead atoms. The van der Waals surface area contributed by atoms with Crippen molar-refractivity contribution in [3.8, 4) is 23.0 Å². The fourth-order valence-electron chi connectivity index (χ4n) is 2.84. The minimum Gasteiger partial charge on any atom is -0.497 e. The van der Waals surface area contributed by atoms with Crippen LogP contribution >= 0.6 is 0 Å². The van der Waals surface area contributed by atoms with Crippen LogP contribution in [0.3, 0.4) is 0 Å². The van der Waals surface area contributed by atoms with Crippen LogP contribution in [0.15, 0.2) is 48.6 Å². The fourth-order valence-corrected chi connectivity index (χ4v) is 2.84. The molecule has 2 aromatic carbocycles. The van der Waals surface area contributed by atoms with Crippen LogP contribution in [0.4, 0.5) is 5.69 Å². The van der Waals surface area contributed by atoms with Gasteiger partial charge in [-0.1, -0.05) is 18.7 Å². The molecule has 7 heteroatoms. The molecule has 2 rings (SSSR count). The molecule has 0 unspecified atom stereocenters. The van der Waals surface area contributed by atoms with E-state index >= 15 is 0 Å². The topological polar surface area (TPSA) is 75.3 Å². The molecule has 0 amide bonds. The van der Waals surface area contributed by atoms with Crippen molar-refractivity contribution in [2.75, 3.05) is 40.4 Å². The van der Waals surface area contributed by atoms with E-state index in [1.54, 1.807) is 40.4 Å². The van der Waals surface area contributed by atoms with Gasteiger partial charge in [0.05, 0.1) is 46.7 Å². The van der Waals surface area contributed by atoms with Gasteiger partial charge < -0.3 is 29.0 Å². The predicted molar refractivity (Wildman–Crippen MR) is 111 cm³/mol. The highest BCUT2D eigenvalue weighted by Crippen LogP contribution is 2.41. The van der Waals surface area contributed by atoms with Crippen LogP contribution in [0.1, 0.15) is 18.5 Å². The van der Waals surface area contributed by atoms with Crippen molar-refractivity contribution in [3.63, 3.8) is 0 Å². The number of hydrogen-bond acceptors (Lipinski definition) is 7. The van der Waals surface area contributed by atoms with E-state index in [2.05, 4.69) is 11.9 Å². The van der Waals surface area contributed by atoms with E-state index in [-0.39, 0.29) is 12.2 Å². The third-order valence-electron chi connectivity index (χ3n) is 4.31. The van der Waals surface area contributed by atoms with Gasteiger partial charge in [0, 0.05) is 17.8 Å². The average molecular weight is 401 g/mol. The van der Waals surface area contributed by atoms with Crippen molar-refractivity contribution < 1.29 is 28.5 Å². The third kappa shape index (κ3) is 5.13. The van der Waals surface area contributed by atoms with Crippen molar-refractivity contribution in [1.29, 1.82) is 0 Å². The number of carbonyl (C=O) groups excluding carboxylic acids is 1. The number of esters is 1. The minimum absolute atomic E-state index is 0.261. The maximum absolute atomic E-state index is 12.4. The first-order valence-electron chi connectivity index (χ1n) is 9.05. The van der Waals surface area contributed by atoms with Gasteiger partial charge in [-0.3, -0.25) is 0 Å². The normalized spacial score (nSPS) is 11.2. The Morgan fingerprint density at radius 1 is 0.966 bits per heavy atom. The molecule has 1 N–H and O–H groups in total. The van der Waals surface area contributed by atoms with Crippen LogP contribution in [0.25, 0.3) is 0 Å². The van der Waals surface area contributed by atoms with Crippen LogP contribution in [0.5, 0.6) is 23.0 Å². The molecule has 0 saturated carbocycles. The summed E-state index contributed by atoms with van der Waals surface area (Å²) in [6, 6.07) is 10.3. The summed E-state index contributed by atoms with van der Waals surface area (Å²) in [5.74, 6) is 1.69. The number of rotatable bonds is 10. The van der Waals surface area contributed by atoms with Crippen LogP contribution in [-0.4, -0.2) is 41.0 Å². The number of carbonyl (C=O) groups is 1. The van der Waals surface area contributed by atoms with Gasteiger partial charge in [0.1, 0.15) is 5.75 Å². The second kappa shape index (κ2) is 10.3. The zero-order valence-electron chi connectivity index (χ0n) is 17.4. The van der Waals surface area contributed by atoms with Crippen LogP contribution in [0, 0.1) is 0 Å².